The van der Waals surface area contributed by atoms with Gasteiger partial charge in [0.05, 0.1) is 0 Å². The van der Waals surface area contributed by atoms with Crippen LogP contribution in [0, 0.1) is 18.6 Å². The van der Waals surface area contributed by atoms with Crippen LogP contribution in [0.4, 0.5) is 8.78 Å². The van der Waals surface area contributed by atoms with Crippen LogP contribution in [-0.2, 0) is 6.54 Å². The minimum Gasteiger partial charge on any atom is -0.310 e. The number of aryl methyl sites for hydroxylation is 1. The SMILES string of the molecule is Cc1cc(-c2ccccc2CNC(C)C)c(F)cc1F. The molecule has 1 nitrogen and oxygen atoms in total. The number of rotatable bonds is 4. The van der Waals surface area contributed by atoms with E-state index in [1.165, 1.54) is 0 Å². The van der Waals surface area contributed by atoms with Crippen LogP contribution in [0.15, 0.2) is 36.4 Å². The van der Waals surface area contributed by atoms with Gasteiger partial charge in [-0.05, 0) is 29.7 Å². The van der Waals surface area contributed by atoms with Gasteiger partial charge in [-0.1, -0.05) is 38.1 Å². The van der Waals surface area contributed by atoms with Crippen molar-refractivity contribution in [3.8, 4) is 11.1 Å². The van der Waals surface area contributed by atoms with E-state index in [4.69, 9.17) is 0 Å². The average Bonchev–Trinajstić information content (AvgIpc) is 2.41. The van der Waals surface area contributed by atoms with Crippen molar-refractivity contribution in [2.45, 2.75) is 33.4 Å². The smallest absolute Gasteiger partial charge is 0.133 e. The van der Waals surface area contributed by atoms with Gasteiger partial charge in [0.1, 0.15) is 11.6 Å². The maximum atomic E-state index is 14.0. The molecule has 1 N–H and O–H groups in total. The van der Waals surface area contributed by atoms with E-state index in [1.54, 1.807) is 13.0 Å². The van der Waals surface area contributed by atoms with Crippen LogP contribution in [0.25, 0.3) is 11.1 Å². The lowest BCUT2D eigenvalue weighted by Gasteiger charge is -2.14. The summed E-state index contributed by atoms with van der Waals surface area (Å²) in [7, 11) is 0. The number of benzene rings is 2. The van der Waals surface area contributed by atoms with Gasteiger partial charge in [-0.15, -0.1) is 0 Å². The van der Waals surface area contributed by atoms with Crippen LogP contribution >= 0.6 is 0 Å². The van der Waals surface area contributed by atoms with Crippen LogP contribution in [0.3, 0.4) is 0 Å². The molecular weight excluding hydrogens is 256 g/mol. The molecule has 106 valence electrons. The van der Waals surface area contributed by atoms with Crippen molar-refractivity contribution in [1.29, 1.82) is 0 Å². The Bertz CT molecular complexity index is 606. The summed E-state index contributed by atoms with van der Waals surface area (Å²) in [5, 5.41) is 3.32. The first kappa shape index (κ1) is 14.7. The van der Waals surface area contributed by atoms with Gasteiger partial charge in [-0.2, -0.15) is 0 Å². The highest BCUT2D eigenvalue weighted by molar-refractivity contribution is 5.68. The van der Waals surface area contributed by atoms with E-state index in [2.05, 4.69) is 19.2 Å². The third-order valence-electron chi connectivity index (χ3n) is 3.26. The molecule has 0 aliphatic rings. The predicted octanol–water partition coefficient (Wildman–Crippen LogP) is 4.44. The van der Waals surface area contributed by atoms with Crippen LogP contribution < -0.4 is 5.32 Å². The quantitative estimate of drug-likeness (QED) is 0.870. The summed E-state index contributed by atoms with van der Waals surface area (Å²) in [4.78, 5) is 0. The second-order valence-electron chi connectivity index (χ2n) is 5.27. The Hall–Kier alpha value is -1.74. The molecule has 2 rings (SSSR count). The monoisotopic (exact) mass is 275 g/mol. The molecule has 0 aliphatic carbocycles. The molecule has 0 heterocycles. The number of nitrogens with one attached hydrogen (secondary N) is 1. The van der Waals surface area contributed by atoms with Crippen molar-refractivity contribution in [3.63, 3.8) is 0 Å². The van der Waals surface area contributed by atoms with E-state index in [-0.39, 0.29) is 0 Å². The third kappa shape index (κ3) is 3.23. The summed E-state index contributed by atoms with van der Waals surface area (Å²) < 4.78 is 27.4. The second kappa shape index (κ2) is 6.14. The normalized spacial score (nSPS) is 11.1. The first-order valence-electron chi connectivity index (χ1n) is 6.76. The molecule has 0 radical (unpaired) electrons. The molecule has 0 unspecified atom stereocenters. The molecule has 0 spiro atoms. The van der Waals surface area contributed by atoms with Crippen LogP contribution in [0.5, 0.6) is 0 Å². The zero-order valence-electron chi connectivity index (χ0n) is 12.0. The molecule has 0 aromatic heterocycles. The van der Waals surface area contributed by atoms with E-state index in [9.17, 15) is 8.78 Å². The van der Waals surface area contributed by atoms with Crippen LogP contribution in [0.2, 0.25) is 0 Å². The molecule has 3 heteroatoms. The van der Waals surface area contributed by atoms with E-state index in [1.807, 2.05) is 24.3 Å². The lowest BCUT2D eigenvalue weighted by Crippen LogP contribution is -2.22. The minimum atomic E-state index is -0.523. The highest BCUT2D eigenvalue weighted by atomic mass is 19.1. The van der Waals surface area contributed by atoms with Crippen LogP contribution in [-0.4, -0.2) is 6.04 Å². The first-order valence-corrected chi connectivity index (χ1v) is 6.76. The van der Waals surface area contributed by atoms with E-state index in [0.717, 1.165) is 17.2 Å². The van der Waals surface area contributed by atoms with Crippen molar-refractivity contribution in [1.82, 2.24) is 5.32 Å². The lowest BCUT2D eigenvalue weighted by molar-refractivity contribution is 0.578. The Labute approximate surface area is 118 Å². The Morgan fingerprint density at radius 3 is 2.40 bits per heavy atom. The van der Waals surface area contributed by atoms with Gasteiger partial charge in [0, 0.05) is 24.2 Å². The van der Waals surface area contributed by atoms with Crippen molar-refractivity contribution in [2.24, 2.45) is 0 Å². The molecular formula is C17H19F2N. The van der Waals surface area contributed by atoms with Gasteiger partial charge in [0.25, 0.3) is 0 Å². The molecule has 0 amide bonds. The number of hydrogen-bond donors (Lipinski definition) is 1. The minimum absolute atomic E-state index is 0.350. The Kier molecular flexibility index (Phi) is 4.50. The van der Waals surface area contributed by atoms with E-state index < -0.39 is 11.6 Å². The zero-order chi connectivity index (χ0) is 14.7. The molecule has 20 heavy (non-hydrogen) atoms. The van der Waals surface area contributed by atoms with Crippen molar-refractivity contribution < 1.29 is 8.78 Å². The standard InChI is InChI=1S/C17H19F2N/c1-11(2)20-10-13-6-4-5-7-14(13)15-8-12(3)16(18)9-17(15)19/h4-9,11,20H,10H2,1-3H3. The molecule has 0 bridgehead atoms. The Morgan fingerprint density at radius 2 is 1.70 bits per heavy atom. The zero-order valence-corrected chi connectivity index (χ0v) is 12.0. The summed E-state index contributed by atoms with van der Waals surface area (Å²) in [6, 6.07) is 10.5. The fraction of sp³-hybridized carbons (Fsp3) is 0.294. The third-order valence-corrected chi connectivity index (χ3v) is 3.26. The maximum absolute atomic E-state index is 14.0. The van der Waals surface area contributed by atoms with E-state index in [0.29, 0.717) is 23.7 Å². The summed E-state index contributed by atoms with van der Waals surface area (Å²) >= 11 is 0. The molecule has 2 aromatic carbocycles. The van der Waals surface area contributed by atoms with Gasteiger partial charge < -0.3 is 5.32 Å². The Balaban J connectivity index is 2.45. The second-order valence-corrected chi connectivity index (χ2v) is 5.27. The summed E-state index contributed by atoms with van der Waals surface area (Å²) in [5.41, 5.74) is 2.71. The van der Waals surface area contributed by atoms with Crippen LogP contribution in [0.1, 0.15) is 25.0 Å². The fourth-order valence-electron chi connectivity index (χ4n) is 2.11. The predicted molar refractivity (Wildman–Crippen MR) is 78.5 cm³/mol. The van der Waals surface area contributed by atoms with Crippen molar-refractivity contribution in [2.75, 3.05) is 0 Å². The molecule has 0 aliphatic heterocycles. The Morgan fingerprint density at radius 1 is 1.00 bits per heavy atom. The van der Waals surface area contributed by atoms with Gasteiger partial charge >= 0.3 is 0 Å². The molecule has 0 atom stereocenters. The fourth-order valence-corrected chi connectivity index (χ4v) is 2.11. The summed E-state index contributed by atoms with van der Waals surface area (Å²) in [5.74, 6) is -1.03. The average molecular weight is 275 g/mol. The van der Waals surface area contributed by atoms with Gasteiger partial charge in [-0.3, -0.25) is 0 Å². The molecule has 2 aromatic rings. The largest absolute Gasteiger partial charge is 0.310 e. The van der Waals surface area contributed by atoms with Crippen molar-refractivity contribution >= 4 is 0 Å². The highest BCUT2D eigenvalue weighted by Crippen LogP contribution is 2.28. The maximum Gasteiger partial charge on any atom is 0.133 e. The first-order chi connectivity index (χ1) is 9.49. The number of halogens is 2. The van der Waals surface area contributed by atoms with Gasteiger partial charge in [-0.25, -0.2) is 8.78 Å². The van der Waals surface area contributed by atoms with E-state index >= 15 is 0 Å². The summed E-state index contributed by atoms with van der Waals surface area (Å²) in [6.45, 7) is 6.42. The van der Waals surface area contributed by atoms with Crippen molar-refractivity contribution in [3.05, 3.63) is 59.2 Å². The summed E-state index contributed by atoms with van der Waals surface area (Å²) in [6.07, 6.45) is 0. The molecule has 0 saturated carbocycles. The molecule has 0 saturated heterocycles. The number of hydrogen-bond acceptors (Lipinski definition) is 1. The van der Waals surface area contributed by atoms with Gasteiger partial charge in [0.15, 0.2) is 0 Å². The lowest BCUT2D eigenvalue weighted by atomic mass is 9.97. The topological polar surface area (TPSA) is 12.0 Å². The molecule has 0 fully saturated rings. The van der Waals surface area contributed by atoms with Gasteiger partial charge in [0.2, 0.25) is 0 Å². The highest BCUT2D eigenvalue weighted by Gasteiger charge is 2.12.